The van der Waals surface area contributed by atoms with E-state index in [0.29, 0.717) is 11.9 Å². The average Bonchev–Trinajstić information content (AvgIpc) is 2.78. The van der Waals surface area contributed by atoms with Gasteiger partial charge in [0, 0.05) is 18.4 Å². The number of nitrogens with one attached hydrogen (secondary N) is 1. The third-order valence-electron chi connectivity index (χ3n) is 3.07. The Kier molecular flexibility index (Phi) is 4.92. The molecule has 0 fully saturated rings. The van der Waals surface area contributed by atoms with Gasteiger partial charge in [-0.15, -0.1) is 0 Å². The molecule has 0 saturated heterocycles. The largest absolute Gasteiger partial charge is 0.382 e. The Labute approximate surface area is 124 Å². The molecule has 2 heterocycles. The standard InChI is InChI=1S/C14H21N5S/c1-10(6-9-19(2)3)17-14-12(13(15)18-20-14)11-4-7-16-8-5-11/h4-5,7-8,10,17H,6,9H2,1-3H3,(H2,15,18). The number of nitrogens with two attached hydrogens (primary N) is 1. The van der Waals surface area contributed by atoms with Crippen molar-refractivity contribution < 1.29 is 0 Å². The van der Waals surface area contributed by atoms with Crippen molar-refractivity contribution in [2.45, 2.75) is 19.4 Å². The van der Waals surface area contributed by atoms with Gasteiger partial charge in [-0.1, -0.05) is 0 Å². The molecule has 0 saturated carbocycles. The molecule has 0 amide bonds. The van der Waals surface area contributed by atoms with Crippen LogP contribution in [0.4, 0.5) is 10.8 Å². The van der Waals surface area contributed by atoms with Gasteiger partial charge in [-0.05, 0) is 63.2 Å². The van der Waals surface area contributed by atoms with Gasteiger partial charge in [0.2, 0.25) is 0 Å². The molecule has 2 aromatic heterocycles. The molecule has 0 spiro atoms. The molecule has 1 atom stereocenters. The summed E-state index contributed by atoms with van der Waals surface area (Å²) in [5.41, 5.74) is 8.03. The minimum absolute atomic E-state index is 0.373. The van der Waals surface area contributed by atoms with Gasteiger partial charge in [-0.25, -0.2) is 0 Å². The lowest BCUT2D eigenvalue weighted by molar-refractivity contribution is 0.390. The summed E-state index contributed by atoms with van der Waals surface area (Å²) in [6, 6.07) is 4.28. The van der Waals surface area contributed by atoms with Crippen LogP contribution in [0.15, 0.2) is 24.5 Å². The van der Waals surface area contributed by atoms with Gasteiger partial charge in [0.15, 0.2) is 0 Å². The Morgan fingerprint density at radius 1 is 1.35 bits per heavy atom. The van der Waals surface area contributed by atoms with Crippen molar-refractivity contribution in [3.8, 4) is 11.1 Å². The summed E-state index contributed by atoms with van der Waals surface area (Å²) < 4.78 is 4.27. The molecule has 2 aromatic rings. The monoisotopic (exact) mass is 291 g/mol. The number of aromatic nitrogens is 2. The van der Waals surface area contributed by atoms with Crippen LogP contribution in [0.5, 0.6) is 0 Å². The summed E-state index contributed by atoms with van der Waals surface area (Å²) in [4.78, 5) is 6.22. The summed E-state index contributed by atoms with van der Waals surface area (Å²) >= 11 is 1.41. The second-order valence-corrected chi connectivity index (χ2v) is 5.92. The highest BCUT2D eigenvalue weighted by Gasteiger charge is 2.15. The van der Waals surface area contributed by atoms with E-state index in [1.165, 1.54) is 11.5 Å². The van der Waals surface area contributed by atoms with E-state index in [1.54, 1.807) is 12.4 Å². The summed E-state index contributed by atoms with van der Waals surface area (Å²) in [6.07, 6.45) is 4.61. The normalized spacial score (nSPS) is 12.6. The molecule has 0 aliphatic carbocycles. The minimum Gasteiger partial charge on any atom is -0.382 e. The van der Waals surface area contributed by atoms with E-state index >= 15 is 0 Å². The van der Waals surface area contributed by atoms with E-state index in [0.717, 1.165) is 29.1 Å². The molecule has 20 heavy (non-hydrogen) atoms. The van der Waals surface area contributed by atoms with E-state index in [4.69, 9.17) is 5.73 Å². The van der Waals surface area contributed by atoms with Crippen LogP contribution in [0.3, 0.4) is 0 Å². The van der Waals surface area contributed by atoms with Gasteiger partial charge in [-0.2, -0.15) is 4.37 Å². The fourth-order valence-electron chi connectivity index (χ4n) is 1.95. The van der Waals surface area contributed by atoms with Crippen LogP contribution in [-0.2, 0) is 0 Å². The van der Waals surface area contributed by atoms with Crippen molar-refractivity contribution in [3.63, 3.8) is 0 Å². The SMILES string of the molecule is CC(CCN(C)C)Nc1snc(N)c1-c1ccncc1. The Hall–Kier alpha value is -1.66. The number of hydrogen-bond donors (Lipinski definition) is 2. The summed E-state index contributed by atoms with van der Waals surface area (Å²) in [6.45, 7) is 3.22. The molecular weight excluding hydrogens is 270 g/mol. The van der Waals surface area contributed by atoms with Crippen molar-refractivity contribution >= 4 is 22.4 Å². The van der Waals surface area contributed by atoms with Crippen molar-refractivity contribution in [1.29, 1.82) is 0 Å². The molecule has 0 radical (unpaired) electrons. The molecule has 3 N–H and O–H groups in total. The first-order valence-electron chi connectivity index (χ1n) is 6.64. The van der Waals surface area contributed by atoms with Gasteiger partial charge in [-0.3, -0.25) is 4.98 Å². The number of anilines is 2. The maximum absolute atomic E-state index is 6.00. The fraction of sp³-hybridized carbons (Fsp3) is 0.429. The van der Waals surface area contributed by atoms with E-state index < -0.39 is 0 Å². The molecule has 1 unspecified atom stereocenters. The average molecular weight is 291 g/mol. The maximum Gasteiger partial charge on any atom is 0.147 e. The third-order valence-corrected chi connectivity index (χ3v) is 3.87. The van der Waals surface area contributed by atoms with Gasteiger partial charge in [0.25, 0.3) is 0 Å². The first kappa shape index (κ1) is 14.7. The number of nitrogen functional groups attached to an aromatic ring is 1. The van der Waals surface area contributed by atoms with Gasteiger partial charge < -0.3 is 16.0 Å². The van der Waals surface area contributed by atoms with E-state index in [9.17, 15) is 0 Å². The van der Waals surface area contributed by atoms with Gasteiger partial charge in [0.1, 0.15) is 10.8 Å². The third kappa shape index (κ3) is 3.68. The van der Waals surface area contributed by atoms with Crippen LogP contribution in [0.1, 0.15) is 13.3 Å². The topological polar surface area (TPSA) is 67.1 Å². The Balaban J connectivity index is 2.14. The molecule has 108 valence electrons. The first-order valence-corrected chi connectivity index (χ1v) is 7.42. The quantitative estimate of drug-likeness (QED) is 0.856. The molecule has 2 rings (SSSR count). The van der Waals surface area contributed by atoms with Crippen LogP contribution in [-0.4, -0.2) is 40.9 Å². The number of hydrogen-bond acceptors (Lipinski definition) is 6. The zero-order chi connectivity index (χ0) is 14.5. The smallest absolute Gasteiger partial charge is 0.147 e. The van der Waals surface area contributed by atoms with E-state index in [1.807, 2.05) is 12.1 Å². The Morgan fingerprint density at radius 3 is 2.70 bits per heavy atom. The van der Waals surface area contributed by atoms with Crippen molar-refractivity contribution in [2.75, 3.05) is 31.7 Å². The van der Waals surface area contributed by atoms with Gasteiger partial charge in [0.05, 0.1) is 5.56 Å². The van der Waals surface area contributed by atoms with E-state index in [-0.39, 0.29) is 0 Å². The minimum atomic E-state index is 0.373. The molecule has 0 bridgehead atoms. The van der Waals surface area contributed by atoms with Crippen LogP contribution in [0, 0.1) is 0 Å². The van der Waals surface area contributed by atoms with Crippen LogP contribution < -0.4 is 11.1 Å². The van der Waals surface area contributed by atoms with E-state index in [2.05, 4.69) is 40.6 Å². The summed E-state index contributed by atoms with van der Waals surface area (Å²) in [5.74, 6) is 0.573. The lowest BCUT2D eigenvalue weighted by Crippen LogP contribution is -2.22. The zero-order valence-corrected chi connectivity index (χ0v) is 12.9. The zero-order valence-electron chi connectivity index (χ0n) is 12.1. The van der Waals surface area contributed by atoms with Crippen molar-refractivity contribution in [3.05, 3.63) is 24.5 Å². The highest BCUT2D eigenvalue weighted by Crippen LogP contribution is 2.36. The summed E-state index contributed by atoms with van der Waals surface area (Å²) in [5, 5.41) is 4.54. The van der Waals surface area contributed by atoms with Crippen LogP contribution >= 0.6 is 11.5 Å². The fourth-order valence-corrected chi connectivity index (χ4v) is 2.79. The predicted molar refractivity (Wildman–Crippen MR) is 86.0 cm³/mol. The molecule has 0 aliphatic heterocycles. The highest BCUT2D eigenvalue weighted by atomic mass is 32.1. The molecule has 0 aromatic carbocycles. The maximum atomic E-state index is 6.00. The number of rotatable bonds is 6. The number of pyridine rings is 1. The molecule has 5 nitrogen and oxygen atoms in total. The lowest BCUT2D eigenvalue weighted by atomic mass is 10.1. The molecule has 6 heteroatoms. The van der Waals surface area contributed by atoms with Crippen LogP contribution in [0.25, 0.3) is 11.1 Å². The van der Waals surface area contributed by atoms with Crippen molar-refractivity contribution in [1.82, 2.24) is 14.3 Å². The molecular formula is C14H21N5S. The Morgan fingerprint density at radius 2 is 2.05 bits per heavy atom. The van der Waals surface area contributed by atoms with Crippen LogP contribution in [0.2, 0.25) is 0 Å². The Bertz CT molecular complexity index is 538. The van der Waals surface area contributed by atoms with Crippen molar-refractivity contribution in [2.24, 2.45) is 0 Å². The second kappa shape index (κ2) is 6.67. The van der Waals surface area contributed by atoms with Gasteiger partial charge >= 0.3 is 0 Å². The number of nitrogens with zero attached hydrogens (tertiary/aromatic N) is 3. The predicted octanol–water partition coefficient (Wildman–Crippen LogP) is 2.54. The molecule has 0 aliphatic rings. The lowest BCUT2D eigenvalue weighted by Gasteiger charge is -2.17. The first-order chi connectivity index (χ1) is 9.58. The summed E-state index contributed by atoms with van der Waals surface area (Å²) in [7, 11) is 4.17. The highest BCUT2D eigenvalue weighted by molar-refractivity contribution is 7.11. The second-order valence-electron chi connectivity index (χ2n) is 5.15.